The molecule has 296 valence electrons. The zero-order valence-corrected chi connectivity index (χ0v) is 33.3. The fraction of sp³-hybridized carbons (Fsp3) is 0.561. The predicted molar refractivity (Wildman–Crippen MR) is 201 cm³/mol. The molecule has 1 aliphatic heterocycles. The average molecular weight is 752 g/mol. The molecular formula is C41H57N3O10. The molecule has 13 heteroatoms. The predicted octanol–water partition coefficient (Wildman–Crippen LogP) is 4.03. The Kier molecular flexibility index (Phi) is 15.2. The van der Waals surface area contributed by atoms with Gasteiger partial charge >= 0.3 is 17.9 Å². The Morgan fingerprint density at radius 3 is 1.22 bits per heavy atom. The summed E-state index contributed by atoms with van der Waals surface area (Å²) in [6.45, 7) is 13.6. The van der Waals surface area contributed by atoms with E-state index in [0.717, 1.165) is 4.90 Å². The van der Waals surface area contributed by atoms with Gasteiger partial charge in [-0.1, -0.05) is 97.9 Å². The standard InChI is InChI=1S/C41H57N3O10/c1-23(2)32-41(51)54-34(25(5)6)37(47)43(10)31(22-28-17-19-29(45)20-18-28)40(50)52-33(24(3)4)36(46)42(9)30(21-27-15-13-12-14-16-27)39(49)53-35(26(7)8)38(48)44(32)11/h12-20,23-26,30-35,45H,21-22H2,1-11H3. The largest absolute Gasteiger partial charge is 0.508 e. The third-order valence-corrected chi connectivity index (χ3v) is 9.73. The Hall–Kier alpha value is -4.94. The number of benzene rings is 2. The van der Waals surface area contributed by atoms with Crippen LogP contribution in [0.1, 0.15) is 66.5 Å². The number of cyclic esters (lactones) is 3. The molecule has 13 nitrogen and oxygen atoms in total. The Morgan fingerprint density at radius 2 is 0.852 bits per heavy atom. The van der Waals surface area contributed by atoms with Gasteiger partial charge in [0.05, 0.1) is 0 Å². The second-order valence-electron chi connectivity index (χ2n) is 15.4. The fourth-order valence-electron chi connectivity index (χ4n) is 6.39. The normalized spacial score (nSPS) is 24.5. The van der Waals surface area contributed by atoms with Crippen molar-refractivity contribution in [1.29, 1.82) is 0 Å². The number of hydrogen-bond acceptors (Lipinski definition) is 10. The third-order valence-electron chi connectivity index (χ3n) is 9.73. The summed E-state index contributed by atoms with van der Waals surface area (Å²) in [7, 11) is 4.23. The molecule has 3 rings (SSSR count). The van der Waals surface area contributed by atoms with E-state index in [4.69, 9.17) is 14.2 Å². The fourth-order valence-corrected chi connectivity index (χ4v) is 6.39. The molecule has 0 bridgehead atoms. The SMILES string of the molecule is CC(C)C1OC(=O)C(Cc2ccc(O)cc2)N(C)C(=O)C(C(C)C)OC(=O)C(C(C)C)N(C)C(=O)C(C(C)C)OC(=O)C(Cc2ccccc2)N(C)C1=O. The van der Waals surface area contributed by atoms with E-state index in [1.54, 1.807) is 91.8 Å². The van der Waals surface area contributed by atoms with Crippen molar-refractivity contribution >= 4 is 35.6 Å². The Bertz CT molecular complexity index is 1630. The highest BCUT2D eigenvalue weighted by molar-refractivity contribution is 5.94. The Morgan fingerprint density at radius 1 is 0.500 bits per heavy atom. The average Bonchev–Trinajstić information content (AvgIpc) is 3.11. The second kappa shape index (κ2) is 18.9. The molecule has 1 fully saturated rings. The summed E-state index contributed by atoms with van der Waals surface area (Å²) in [4.78, 5) is 88.7. The van der Waals surface area contributed by atoms with Crippen molar-refractivity contribution in [1.82, 2.24) is 14.7 Å². The summed E-state index contributed by atoms with van der Waals surface area (Å²) in [5, 5.41) is 9.88. The minimum atomic E-state index is -1.39. The third kappa shape index (κ3) is 10.6. The molecule has 1 saturated heterocycles. The first-order chi connectivity index (χ1) is 25.3. The minimum absolute atomic E-state index is 0.00205. The van der Waals surface area contributed by atoms with Crippen LogP contribution in [0.5, 0.6) is 5.75 Å². The van der Waals surface area contributed by atoms with E-state index in [0.29, 0.717) is 11.1 Å². The van der Waals surface area contributed by atoms with E-state index in [1.165, 1.54) is 43.1 Å². The van der Waals surface area contributed by atoms with Crippen LogP contribution in [-0.2, 0) is 55.8 Å². The number of rotatable bonds is 8. The van der Waals surface area contributed by atoms with Gasteiger partial charge in [0.25, 0.3) is 17.7 Å². The van der Waals surface area contributed by atoms with Crippen molar-refractivity contribution in [2.45, 2.75) is 105 Å². The number of hydrogen-bond donors (Lipinski definition) is 1. The summed E-state index contributed by atoms with van der Waals surface area (Å²) in [5.74, 6) is -6.80. The zero-order valence-electron chi connectivity index (χ0n) is 33.3. The number of carbonyl (C=O) groups is 6. The molecule has 6 atom stereocenters. The van der Waals surface area contributed by atoms with Crippen molar-refractivity contribution in [3.8, 4) is 5.75 Å². The smallest absolute Gasteiger partial charge is 0.329 e. The molecule has 2 aromatic carbocycles. The molecule has 1 N–H and O–H groups in total. The lowest BCUT2D eigenvalue weighted by atomic mass is 9.98. The van der Waals surface area contributed by atoms with Crippen LogP contribution in [0.2, 0.25) is 0 Å². The number of phenols is 1. The van der Waals surface area contributed by atoms with Crippen molar-refractivity contribution < 1.29 is 48.1 Å². The van der Waals surface area contributed by atoms with Crippen LogP contribution in [0.15, 0.2) is 54.6 Å². The van der Waals surface area contributed by atoms with Crippen LogP contribution < -0.4 is 0 Å². The summed E-state index contributed by atoms with van der Waals surface area (Å²) < 4.78 is 17.8. The van der Waals surface area contributed by atoms with Crippen LogP contribution >= 0.6 is 0 Å². The van der Waals surface area contributed by atoms with E-state index in [-0.39, 0.29) is 18.6 Å². The van der Waals surface area contributed by atoms with E-state index < -0.39 is 95.7 Å². The van der Waals surface area contributed by atoms with E-state index >= 15 is 0 Å². The topological polar surface area (TPSA) is 160 Å². The molecule has 1 heterocycles. The molecule has 0 aromatic heterocycles. The molecular weight excluding hydrogens is 694 g/mol. The molecule has 0 radical (unpaired) electrons. The molecule has 0 aliphatic carbocycles. The molecule has 3 amide bonds. The van der Waals surface area contributed by atoms with Crippen LogP contribution in [-0.4, -0.2) is 113 Å². The van der Waals surface area contributed by atoms with Crippen LogP contribution in [0.25, 0.3) is 0 Å². The summed E-state index contributed by atoms with van der Waals surface area (Å²) in [6, 6.07) is 11.3. The molecule has 6 unspecified atom stereocenters. The molecule has 54 heavy (non-hydrogen) atoms. The lowest BCUT2D eigenvalue weighted by Gasteiger charge is -2.37. The molecule has 0 saturated carbocycles. The van der Waals surface area contributed by atoms with Crippen molar-refractivity contribution in [2.24, 2.45) is 23.7 Å². The lowest BCUT2D eigenvalue weighted by molar-refractivity contribution is -0.180. The van der Waals surface area contributed by atoms with E-state index in [2.05, 4.69) is 0 Å². The summed E-state index contributed by atoms with van der Waals surface area (Å²) >= 11 is 0. The minimum Gasteiger partial charge on any atom is -0.508 e. The number of amides is 3. The zero-order chi connectivity index (χ0) is 40.6. The van der Waals surface area contributed by atoms with E-state index in [1.807, 2.05) is 6.07 Å². The summed E-state index contributed by atoms with van der Waals surface area (Å²) in [5.41, 5.74) is 1.28. The van der Waals surface area contributed by atoms with Gasteiger partial charge in [0.2, 0.25) is 0 Å². The van der Waals surface area contributed by atoms with Gasteiger partial charge in [-0.05, 0) is 46.9 Å². The first-order valence-corrected chi connectivity index (χ1v) is 18.5. The number of ether oxygens (including phenoxy) is 3. The number of aromatic hydroxyl groups is 1. The maximum absolute atomic E-state index is 14.3. The van der Waals surface area contributed by atoms with Gasteiger partial charge in [-0.2, -0.15) is 0 Å². The van der Waals surface area contributed by atoms with E-state index in [9.17, 15) is 33.9 Å². The molecule has 0 spiro atoms. The van der Waals surface area contributed by atoms with Gasteiger partial charge in [0, 0.05) is 34.0 Å². The first kappa shape index (κ1) is 43.5. The van der Waals surface area contributed by atoms with Gasteiger partial charge in [0.15, 0.2) is 18.3 Å². The maximum atomic E-state index is 14.3. The number of esters is 3. The Balaban J connectivity index is 2.24. The van der Waals surface area contributed by atoms with Gasteiger partial charge < -0.3 is 34.0 Å². The van der Waals surface area contributed by atoms with Gasteiger partial charge in [-0.15, -0.1) is 0 Å². The highest BCUT2D eigenvalue weighted by atomic mass is 16.6. The van der Waals surface area contributed by atoms with Crippen LogP contribution in [0, 0.1) is 23.7 Å². The van der Waals surface area contributed by atoms with Gasteiger partial charge in [-0.25, -0.2) is 14.4 Å². The Labute approximate surface area is 318 Å². The monoisotopic (exact) mass is 751 g/mol. The van der Waals surface area contributed by atoms with Crippen molar-refractivity contribution in [2.75, 3.05) is 21.1 Å². The number of likely N-dealkylation sites (N-methyl/N-ethyl adjacent to an activating group) is 3. The first-order valence-electron chi connectivity index (χ1n) is 18.5. The highest BCUT2D eigenvalue weighted by Crippen LogP contribution is 2.25. The summed E-state index contributed by atoms with van der Waals surface area (Å²) in [6.07, 6.45) is -4.15. The van der Waals surface area contributed by atoms with Crippen molar-refractivity contribution in [3.05, 3.63) is 65.7 Å². The highest BCUT2D eigenvalue weighted by Gasteiger charge is 2.44. The van der Waals surface area contributed by atoms with Crippen molar-refractivity contribution in [3.63, 3.8) is 0 Å². The number of carbonyl (C=O) groups excluding carboxylic acids is 6. The molecule has 2 aromatic rings. The molecule has 1 aliphatic rings. The van der Waals surface area contributed by atoms with Crippen LogP contribution in [0.3, 0.4) is 0 Å². The quantitative estimate of drug-likeness (QED) is 0.308. The van der Waals surface area contributed by atoms with Gasteiger partial charge in [-0.3, -0.25) is 14.4 Å². The second-order valence-corrected chi connectivity index (χ2v) is 15.4. The number of nitrogens with zero attached hydrogens (tertiary/aromatic N) is 3. The number of phenolic OH excluding ortho intramolecular Hbond substituents is 1. The lowest BCUT2D eigenvalue weighted by Crippen LogP contribution is -2.57. The van der Waals surface area contributed by atoms with Gasteiger partial charge in [0.1, 0.15) is 23.9 Å². The van der Waals surface area contributed by atoms with Crippen LogP contribution in [0.4, 0.5) is 0 Å². The maximum Gasteiger partial charge on any atom is 0.329 e.